The van der Waals surface area contributed by atoms with E-state index < -0.39 is 0 Å². The van der Waals surface area contributed by atoms with Crippen molar-refractivity contribution >= 4 is 17.5 Å². The van der Waals surface area contributed by atoms with E-state index in [4.69, 9.17) is 0 Å². The van der Waals surface area contributed by atoms with Crippen molar-refractivity contribution in [2.45, 2.75) is 19.4 Å². The number of aryl methyl sites for hydroxylation is 1. The number of hydrogen-bond acceptors (Lipinski definition) is 3. The summed E-state index contributed by atoms with van der Waals surface area (Å²) in [5, 5.41) is 0. The second-order valence-corrected chi connectivity index (χ2v) is 7.30. The molecule has 0 saturated heterocycles. The van der Waals surface area contributed by atoms with Crippen molar-refractivity contribution in [1.82, 2.24) is 9.88 Å². The summed E-state index contributed by atoms with van der Waals surface area (Å²) in [6.07, 6.45) is 4.95. The van der Waals surface area contributed by atoms with Gasteiger partial charge in [-0.1, -0.05) is 48.5 Å². The maximum Gasteiger partial charge on any atom is 0.259 e. The van der Waals surface area contributed by atoms with E-state index in [1.54, 1.807) is 22.9 Å². The van der Waals surface area contributed by atoms with Gasteiger partial charge in [0.05, 0.1) is 11.1 Å². The van der Waals surface area contributed by atoms with Gasteiger partial charge in [-0.3, -0.25) is 14.6 Å². The molecule has 4 rings (SSSR count). The van der Waals surface area contributed by atoms with Crippen LogP contribution in [0, 0.1) is 0 Å². The van der Waals surface area contributed by atoms with Crippen LogP contribution in [0.1, 0.15) is 38.3 Å². The standard InChI is InChI=1S/C24H23N3O2/c1-26(17-18-8-3-2-4-9-18)23(28)20-14-21(16-25-15-20)24(29)27-13-7-11-19-10-5-6-12-22(19)27/h2-6,8-10,12,14-16H,7,11,13,17H2,1H3. The van der Waals surface area contributed by atoms with E-state index >= 15 is 0 Å². The van der Waals surface area contributed by atoms with Crippen LogP contribution in [0.4, 0.5) is 5.69 Å². The summed E-state index contributed by atoms with van der Waals surface area (Å²) in [7, 11) is 1.75. The highest BCUT2D eigenvalue weighted by atomic mass is 16.2. The maximum atomic E-state index is 13.2. The Labute approximate surface area is 170 Å². The lowest BCUT2D eigenvalue weighted by Crippen LogP contribution is -2.35. The summed E-state index contributed by atoms with van der Waals surface area (Å²) in [5.74, 6) is -0.278. The largest absolute Gasteiger partial charge is 0.337 e. The molecule has 1 aromatic heterocycles. The highest BCUT2D eigenvalue weighted by Gasteiger charge is 2.24. The molecule has 5 nitrogen and oxygen atoms in total. The van der Waals surface area contributed by atoms with Crippen LogP contribution in [0.15, 0.2) is 73.1 Å². The van der Waals surface area contributed by atoms with Crippen LogP contribution < -0.4 is 4.90 Å². The number of carbonyl (C=O) groups is 2. The average molecular weight is 385 g/mol. The van der Waals surface area contributed by atoms with E-state index in [9.17, 15) is 9.59 Å². The summed E-state index contributed by atoms with van der Waals surface area (Å²) < 4.78 is 0. The van der Waals surface area contributed by atoms with E-state index in [1.807, 2.05) is 48.5 Å². The lowest BCUT2D eigenvalue weighted by atomic mass is 10.0. The van der Waals surface area contributed by atoms with Crippen LogP contribution >= 0.6 is 0 Å². The Morgan fingerprint density at radius 2 is 1.72 bits per heavy atom. The van der Waals surface area contributed by atoms with Gasteiger partial charge in [0, 0.05) is 38.2 Å². The predicted octanol–water partition coefficient (Wildman–Crippen LogP) is 3.95. The lowest BCUT2D eigenvalue weighted by molar-refractivity contribution is 0.0784. The Bertz CT molecular complexity index is 1030. The number of carbonyl (C=O) groups excluding carboxylic acids is 2. The quantitative estimate of drug-likeness (QED) is 0.683. The van der Waals surface area contributed by atoms with Crippen LogP contribution in [-0.2, 0) is 13.0 Å². The minimum atomic E-state index is -0.157. The summed E-state index contributed by atoms with van der Waals surface area (Å²) in [5.41, 5.74) is 4.02. The SMILES string of the molecule is CN(Cc1ccccc1)C(=O)c1cncc(C(=O)N2CCCc3ccccc32)c1. The molecule has 0 aliphatic carbocycles. The highest BCUT2D eigenvalue weighted by molar-refractivity contribution is 6.08. The molecule has 1 aliphatic heterocycles. The van der Waals surface area contributed by atoms with Crippen molar-refractivity contribution in [1.29, 1.82) is 0 Å². The number of pyridine rings is 1. The first-order chi connectivity index (χ1) is 14.1. The number of fused-ring (bicyclic) bond motifs is 1. The maximum absolute atomic E-state index is 13.2. The normalized spacial score (nSPS) is 12.9. The van der Waals surface area contributed by atoms with Crippen LogP contribution in [0.5, 0.6) is 0 Å². The van der Waals surface area contributed by atoms with Crippen LogP contribution in [-0.4, -0.2) is 35.3 Å². The van der Waals surface area contributed by atoms with Crippen LogP contribution in [0.25, 0.3) is 0 Å². The molecule has 0 unspecified atom stereocenters. The van der Waals surface area contributed by atoms with Gasteiger partial charge in [0.15, 0.2) is 0 Å². The summed E-state index contributed by atoms with van der Waals surface area (Å²) in [4.78, 5) is 33.6. The lowest BCUT2D eigenvalue weighted by Gasteiger charge is -2.29. The number of benzene rings is 2. The van der Waals surface area contributed by atoms with E-state index in [2.05, 4.69) is 11.1 Å². The highest BCUT2D eigenvalue weighted by Crippen LogP contribution is 2.28. The third-order valence-electron chi connectivity index (χ3n) is 5.20. The number of nitrogens with zero attached hydrogens (tertiary/aromatic N) is 3. The van der Waals surface area contributed by atoms with E-state index in [0.29, 0.717) is 24.2 Å². The van der Waals surface area contributed by atoms with Gasteiger partial charge in [0.25, 0.3) is 11.8 Å². The zero-order valence-electron chi connectivity index (χ0n) is 16.4. The Balaban J connectivity index is 1.54. The minimum absolute atomic E-state index is 0.120. The fraction of sp³-hybridized carbons (Fsp3) is 0.208. The molecule has 0 bridgehead atoms. The van der Waals surface area contributed by atoms with Gasteiger partial charge in [-0.15, -0.1) is 0 Å². The minimum Gasteiger partial charge on any atom is -0.337 e. The average Bonchev–Trinajstić information content (AvgIpc) is 2.78. The monoisotopic (exact) mass is 385 g/mol. The zero-order valence-corrected chi connectivity index (χ0v) is 16.4. The fourth-order valence-corrected chi connectivity index (χ4v) is 3.72. The molecular formula is C24H23N3O2. The van der Waals surface area contributed by atoms with Crippen molar-refractivity contribution < 1.29 is 9.59 Å². The molecule has 3 aromatic rings. The molecule has 2 aromatic carbocycles. The topological polar surface area (TPSA) is 53.5 Å². The first-order valence-corrected chi connectivity index (χ1v) is 9.77. The molecule has 0 atom stereocenters. The summed E-state index contributed by atoms with van der Waals surface area (Å²) in [6.45, 7) is 1.17. The molecule has 0 saturated carbocycles. The Kier molecular flexibility index (Phi) is 5.38. The van der Waals surface area contributed by atoms with Gasteiger partial charge in [-0.2, -0.15) is 0 Å². The van der Waals surface area contributed by atoms with Crippen molar-refractivity contribution in [3.63, 3.8) is 0 Å². The Morgan fingerprint density at radius 3 is 2.55 bits per heavy atom. The van der Waals surface area contributed by atoms with Crippen molar-refractivity contribution in [2.75, 3.05) is 18.5 Å². The first-order valence-electron chi connectivity index (χ1n) is 9.77. The van der Waals surface area contributed by atoms with Crippen LogP contribution in [0.2, 0.25) is 0 Å². The van der Waals surface area contributed by atoms with Gasteiger partial charge in [-0.25, -0.2) is 0 Å². The molecule has 0 N–H and O–H groups in total. The van der Waals surface area contributed by atoms with E-state index in [0.717, 1.165) is 24.1 Å². The Hall–Kier alpha value is -3.47. The van der Waals surface area contributed by atoms with Gasteiger partial charge in [-0.05, 0) is 36.1 Å². The molecule has 2 amide bonds. The first kappa shape index (κ1) is 18.9. The van der Waals surface area contributed by atoms with Crippen molar-refractivity contribution in [3.8, 4) is 0 Å². The number of amides is 2. The third kappa shape index (κ3) is 4.04. The molecule has 5 heteroatoms. The molecule has 0 fully saturated rings. The molecule has 0 radical (unpaired) electrons. The van der Waals surface area contributed by atoms with Gasteiger partial charge in [0.1, 0.15) is 0 Å². The van der Waals surface area contributed by atoms with E-state index in [1.165, 1.54) is 18.0 Å². The summed E-state index contributed by atoms with van der Waals surface area (Å²) in [6, 6.07) is 19.4. The summed E-state index contributed by atoms with van der Waals surface area (Å²) >= 11 is 0. The predicted molar refractivity (Wildman–Crippen MR) is 113 cm³/mol. The number of para-hydroxylation sites is 1. The molecule has 2 heterocycles. The molecule has 29 heavy (non-hydrogen) atoms. The number of rotatable bonds is 4. The van der Waals surface area contributed by atoms with Gasteiger partial charge >= 0.3 is 0 Å². The van der Waals surface area contributed by atoms with E-state index in [-0.39, 0.29) is 11.8 Å². The fourth-order valence-electron chi connectivity index (χ4n) is 3.72. The molecular weight excluding hydrogens is 362 g/mol. The van der Waals surface area contributed by atoms with Gasteiger partial charge in [0.2, 0.25) is 0 Å². The van der Waals surface area contributed by atoms with Crippen molar-refractivity contribution in [3.05, 3.63) is 95.3 Å². The number of hydrogen-bond donors (Lipinski definition) is 0. The molecule has 0 spiro atoms. The Morgan fingerprint density at radius 1 is 1.00 bits per heavy atom. The second kappa shape index (κ2) is 8.27. The smallest absolute Gasteiger partial charge is 0.259 e. The number of anilines is 1. The van der Waals surface area contributed by atoms with Gasteiger partial charge < -0.3 is 9.80 Å². The molecule has 146 valence electrons. The third-order valence-corrected chi connectivity index (χ3v) is 5.20. The number of aromatic nitrogens is 1. The van der Waals surface area contributed by atoms with Crippen LogP contribution in [0.3, 0.4) is 0 Å². The molecule has 1 aliphatic rings. The van der Waals surface area contributed by atoms with Crippen molar-refractivity contribution in [2.24, 2.45) is 0 Å². The second-order valence-electron chi connectivity index (χ2n) is 7.30. The zero-order chi connectivity index (χ0) is 20.2.